The fraction of sp³-hybridized carbons (Fsp3) is 0.316. The molecule has 1 N–H and O–H groups in total. The van der Waals surface area contributed by atoms with Gasteiger partial charge in [0.2, 0.25) is 5.91 Å². The quantitative estimate of drug-likeness (QED) is 0.726. The lowest BCUT2D eigenvalue weighted by molar-refractivity contribution is -0.141. The minimum absolute atomic E-state index is 0.232. The number of aromatic nitrogens is 4. The highest BCUT2D eigenvalue weighted by molar-refractivity contribution is 5.75. The van der Waals surface area contributed by atoms with Crippen LogP contribution < -0.4 is 5.32 Å². The Morgan fingerprint density at radius 2 is 1.79 bits per heavy atom. The summed E-state index contributed by atoms with van der Waals surface area (Å²) in [6.07, 6.45) is -4.53. The summed E-state index contributed by atoms with van der Waals surface area (Å²) < 4.78 is 41.0. The largest absolute Gasteiger partial charge is 0.435 e. The van der Waals surface area contributed by atoms with Crippen LogP contribution in [-0.4, -0.2) is 25.5 Å². The average molecular weight is 391 g/mol. The number of hydrogen-bond donors (Lipinski definition) is 1. The van der Waals surface area contributed by atoms with E-state index in [4.69, 9.17) is 0 Å². The van der Waals surface area contributed by atoms with Gasteiger partial charge in [-0.1, -0.05) is 18.2 Å². The summed E-state index contributed by atoms with van der Waals surface area (Å²) in [5, 5.41) is 10.7. The lowest BCUT2D eigenvalue weighted by Gasteiger charge is -2.08. The molecule has 0 saturated carbocycles. The molecule has 2 aromatic heterocycles. The van der Waals surface area contributed by atoms with Gasteiger partial charge in [-0.15, -0.1) is 0 Å². The van der Waals surface area contributed by atoms with Crippen molar-refractivity contribution < 1.29 is 18.0 Å². The van der Waals surface area contributed by atoms with Crippen LogP contribution in [0.15, 0.2) is 36.4 Å². The number of para-hydroxylation sites is 1. The van der Waals surface area contributed by atoms with E-state index in [9.17, 15) is 18.0 Å². The number of aryl methyl sites for hydroxylation is 2. The van der Waals surface area contributed by atoms with E-state index in [0.29, 0.717) is 0 Å². The first-order valence-corrected chi connectivity index (χ1v) is 8.65. The first kappa shape index (κ1) is 19.7. The second-order valence-corrected chi connectivity index (χ2v) is 6.50. The molecule has 0 bridgehead atoms. The molecular weight excluding hydrogens is 371 g/mol. The summed E-state index contributed by atoms with van der Waals surface area (Å²) in [6.45, 7) is 5.18. The Labute approximate surface area is 160 Å². The van der Waals surface area contributed by atoms with Crippen LogP contribution in [0.2, 0.25) is 0 Å². The Kier molecular flexibility index (Phi) is 5.26. The fourth-order valence-corrected chi connectivity index (χ4v) is 2.94. The van der Waals surface area contributed by atoms with E-state index in [2.05, 4.69) is 15.5 Å². The molecule has 28 heavy (non-hydrogen) atoms. The van der Waals surface area contributed by atoms with Gasteiger partial charge in [0, 0.05) is 23.5 Å². The highest BCUT2D eigenvalue weighted by Gasteiger charge is 2.34. The Morgan fingerprint density at radius 1 is 1.11 bits per heavy atom. The van der Waals surface area contributed by atoms with Crippen molar-refractivity contribution in [2.45, 2.75) is 40.0 Å². The van der Waals surface area contributed by atoms with Crippen molar-refractivity contribution in [2.75, 3.05) is 0 Å². The Balaban J connectivity index is 1.69. The van der Waals surface area contributed by atoms with Crippen LogP contribution in [-0.2, 0) is 24.1 Å². The van der Waals surface area contributed by atoms with Crippen molar-refractivity contribution in [1.29, 1.82) is 0 Å². The standard InChI is InChI=1S/C19H20F3N5O/c1-12-9-17(19(20,21)22)25-26(12)11-18(28)23-10-16-13(2)24-27(14(16)3)15-7-5-4-6-8-15/h4-9H,10-11H2,1-3H3,(H,23,28). The maximum Gasteiger partial charge on any atom is 0.435 e. The molecule has 6 nitrogen and oxygen atoms in total. The third-order valence-corrected chi connectivity index (χ3v) is 4.47. The van der Waals surface area contributed by atoms with Crippen LogP contribution in [0.25, 0.3) is 5.69 Å². The molecule has 0 spiro atoms. The van der Waals surface area contributed by atoms with Crippen molar-refractivity contribution in [3.8, 4) is 5.69 Å². The third-order valence-electron chi connectivity index (χ3n) is 4.47. The predicted octanol–water partition coefficient (Wildman–Crippen LogP) is 3.33. The van der Waals surface area contributed by atoms with Crippen molar-refractivity contribution in [3.05, 3.63) is 64.7 Å². The number of hydrogen-bond acceptors (Lipinski definition) is 3. The zero-order valence-corrected chi connectivity index (χ0v) is 15.7. The molecule has 0 unspecified atom stereocenters. The number of carbonyl (C=O) groups is 1. The summed E-state index contributed by atoms with van der Waals surface area (Å²) in [7, 11) is 0. The molecule has 0 atom stereocenters. The molecule has 0 aliphatic heterocycles. The second kappa shape index (κ2) is 7.49. The van der Waals surface area contributed by atoms with E-state index in [1.54, 1.807) is 4.68 Å². The fourth-order valence-electron chi connectivity index (χ4n) is 2.94. The lowest BCUT2D eigenvalue weighted by atomic mass is 10.2. The predicted molar refractivity (Wildman–Crippen MR) is 96.9 cm³/mol. The molecule has 0 saturated heterocycles. The number of nitrogens with zero attached hydrogens (tertiary/aromatic N) is 4. The van der Waals surface area contributed by atoms with Gasteiger partial charge in [0.25, 0.3) is 0 Å². The number of rotatable bonds is 5. The molecule has 0 aliphatic carbocycles. The van der Waals surface area contributed by atoms with Gasteiger partial charge in [-0.2, -0.15) is 23.4 Å². The number of nitrogens with one attached hydrogen (secondary N) is 1. The van der Waals surface area contributed by atoms with Crippen molar-refractivity contribution in [2.24, 2.45) is 0 Å². The van der Waals surface area contributed by atoms with Crippen molar-refractivity contribution in [3.63, 3.8) is 0 Å². The van der Waals surface area contributed by atoms with Gasteiger partial charge in [0.05, 0.1) is 11.4 Å². The maximum absolute atomic E-state index is 12.7. The Hall–Kier alpha value is -3.10. The van der Waals surface area contributed by atoms with Gasteiger partial charge in [0.15, 0.2) is 5.69 Å². The van der Waals surface area contributed by atoms with Gasteiger partial charge in [-0.05, 0) is 39.0 Å². The van der Waals surface area contributed by atoms with Crippen LogP contribution in [0.5, 0.6) is 0 Å². The molecule has 2 heterocycles. The number of carbonyl (C=O) groups excluding carboxylic acids is 1. The number of alkyl halides is 3. The van der Waals surface area contributed by atoms with Gasteiger partial charge in [-0.25, -0.2) is 4.68 Å². The normalized spacial score (nSPS) is 11.6. The lowest BCUT2D eigenvalue weighted by Crippen LogP contribution is -2.28. The minimum Gasteiger partial charge on any atom is -0.350 e. The number of halogens is 3. The van der Waals surface area contributed by atoms with E-state index in [-0.39, 0.29) is 18.8 Å². The zero-order chi connectivity index (χ0) is 20.5. The summed E-state index contributed by atoms with van der Waals surface area (Å²) >= 11 is 0. The first-order chi connectivity index (χ1) is 13.2. The highest BCUT2D eigenvalue weighted by Crippen LogP contribution is 2.28. The van der Waals surface area contributed by atoms with E-state index in [1.807, 2.05) is 44.2 Å². The van der Waals surface area contributed by atoms with Crippen LogP contribution in [0.1, 0.15) is 28.3 Å². The van der Waals surface area contributed by atoms with Crippen LogP contribution >= 0.6 is 0 Å². The SMILES string of the molecule is Cc1nn(-c2ccccc2)c(C)c1CNC(=O)Cn1nc(C(F)(F)F)cc1C. The molecule has 148 valence electrons. The van der Waals surface area contributed by atoms with E-state index in [0.717, 1.165) is 33.4 Å². The van der Waals surface area contributed by atoms with E-state index in [1.165, 1.54) is 6.92 Å². The van der Waals surface area contributed by atoms with Crippen LogP contribution in [0.3, 0.4) is 0 Å². The molecule has 0 aliphatic rings. The zero-order valence-electron chi connectivity index (χ0n) is 15.7. The molecule has 3 rings (SSSR count). The second-order valence-electron chi connectivity index (χ2n) is 6.50. The van der Waals surface area contributed by atoms with E-state index >= 15 is 0 Å². The van der Waals surface area contributed by atoms with Gasteiger partial charge < -0.3 is 5.32 Å². The van der Waals surface area contributed by atoms with Crippen molar-refractivity contribution in [1.82, 2.24) is 24.9 Å². The molecule has 1 aromatic carbocycles. The van der Waals surface area contributed by atoms with Crippen LogP contribution in [0.4, 0.5) is 13.2 Å². The summed E-state index contributed by atoms with van der Waals surface area (Å²) in [4.78, 5) is 12.2. The molecule has 0 fully saturated rings. The number of amides is 1. The molecule has 0 radical (unpaired) electrons. The summed E-state index contributed by atoms with van der Waals surface area (Å²) in [5.41, 5.74) is 2.70. The van der Waals surface area contributed by atoms with E-state index < -0.39 is 17.8 Å². The Bertz CT molecular complexity index is 989. The third kappa shape index (κ3) is 4.08. The summed E-state index contributed by atoms with van der Waals surface area (Å²) in [6, 6.07) is 10.5. The number of benzene rings is 1. The average Bonchev–Trinajstić information content (AvgIpc) is 3.14. The topological polar surface area (TPSA) is 64.7 Å². The Morgan fingerprint density at radius 3 is 2.39 bits per heavy atom. The highest BCUT2D eigenvalue weighted by atomic mass is 19.4. The first-order valence-electron chi connectivity index (χ1n) is 8.65. The molecule has 3 aromatic rings. The smallest absolute Gasteiger partial charge is 0.350 e. The molecule has 9 heteroatoms. The van der Waals surface area contributed by atoms with Gasteiger partial charge >= 0.3 is 6.18 Å². The van der Waals surface area contributed by atoms with Gasteiger partial charge in [0.1, 0.15) is 6.54 Å². The maximum atomic E-state index is 12.7. The minimum atomic E-state index is -4.53. The summed E-state index contributed by atoms with van der Waals surface area (Å²) in [5.74, 6) is -0.425. The van der Waals surface area contributed by atoms with Crippen LogP contribution in [0, 0.1) is 20.8 Å². The van der Waals surface area contributed by atoms with Crippen molar-refractivity contribution >= 4 is 5.91 Å². The monoisotopic (exact) mass is 391 g/mol. The van der Waals surface area contributed by atoms with Gasteiger partial charge in [-0.3, -0.25) is 9.48 Å². The molecule has 1 amide bonds. The molecular formula is C19H20F3N5O.